The molecular weight excluding hydrogens is 354 g/mol. The van der Waals surface area contributed by atoms with E-state index in [0.29, 0.717) is 32.2 Å². The van der Waals surface area contributed by atoms with E-state index < -0.39 is 12.1 Å². The Morgan fingerprint density at radius 1 is 1.36 bits per heavy atom. The lowest BCUT2D eigenvalue weighted by atomic mass is 9.99. The number of carbonyl (C=O) groups excluding carboxylic acids is 1. The van der Waals surface area contributed by atoms with Crippen LogP contribution in [0.25, 0.3) is 0 Å². The number of piperidine rings is 1. The van der Waals surface area contributed by atoms with Crippen LogP contribution in [0.5, 0.6) is 0 Å². The minimum atomic E-state index is -0.783. The molecule has 28 heavy (non-hydrogen) atoms. The van der Waals surface area contributed by atoms with Crippen molar-refractivity contribution >= 4 is 11.9 Å². The molecule has 1 unspecified atom stereocenters. The average molecular weight is 386 g/mol. The number of hydrogen-bond acceptors (Lipinski definition) is 3. The Kier molecular flexibility index (Phi) is 8.95. The topological polar surface area (TPSA) is 77.8 Å². The predicted octanol–water partition coefficient (Wildman–Crippen LogP) is 3.65. The molecule has 0 aromatic heterocycles. The molecule has 2 atom stereocenters. The third-order valence-electron chi connectivity index (χ3n) is 4.92. The number of benzene rings is 1. The van der Waals surface area contributed by atoms with Crippen molar-refractivity contribution in [2.75, 3.05) is 6.54 Å². The van der Waals surface area contributed by atoms with Crippen LogP contribution in [0.3, 0.4) is 0 Å². The van der Waals surface area contributed by atoms with Crippen LogP contribution in [-0.2, 0) is 16.0 Å². The van der Waals surface area contributed by atoms with Gasteiger partial charge in [0.2, 0.25) is 5.91 Å². The van der Waals surface area contributed by atoms with E-state index in [9.17, 15) is 14.7 Å². The van der Waals surface area contributed by atoms with Gasteiger partial charge in [-0.25, -0.2) is 0 Å². The van der Waals surface area contributed by atoms with Gasteiger partial charge in [0.25, 0.3) is 0 Å². The molecule has 5 heteroatoms. The Morgan fingerprint density at radius 2 is 2.18 bits per heavy atom. The Morgan fingerprint density at radius 3 is 2.93 bits per heavy atom. The predicted molar refractivity (Wildman–Crippen MR) is 110 cm³/mol. The SMILES string of the molecule is Cc1cccc(CC(O)C=C[C@H]2CCCC(=O)N2CC=CCCCC(=O)O)c1. The second kappa shape index (κ2) is 11.4. The maximum Gasteiger partial charge on any atom is 0.303 e. The van der Waals surface area contributed by atoms with E-state index in [1.54, 1.807) is 6.08 Å². The van der Waals surface area contributed by atoms with Crippen LogP contribution in [0.4, 0.5) is 0 Å². The molecule has 5 nitrogen and oxygen atoms in total. The first-order chi connectivity index (χ1) is 13.5. The van der Waals surface area contributed by atoms with Crippen LogP contribution in [0, 0.1) is 6.92 Å². The van der Waals surface area contributed by atoms with Gasteiger partial charge in [-0.15, -0.1) is 0 Å². The number of rotatable bonds is 10. The summed E-state index contributed by atoms with van der Waals surface area (Å²) in [6, 6.07) is 8.10. The van der Waals surface area contributed by atoms with Gasteiger partial charge < -0.3 is 15.1 Å². The number of carboxylic acid groups (broad SMARTS) is 1. The largest absolute Gasteiger partial charge is 0.481 e. The zero-order valence-electron chi connectivity index (χ0n) is 16.6. The highest BCUT2D eigenvalue weighted by Gasteiger charge is 2.25. The Hall–Kier alpha value is -2.40. The molecule has 1 aromatic rings. The number of hydrogen-bond donors (Lipinski definition) is 2. The van der Waals surface area contributed by atoms with Gasteiger partial charge in [0.05, 0.1) is 12.1 Å². The quantitative estimate of drug-likeness (QED) is 0.476. The summed E-state index contributed by atoms with van der Waals surface area (Å²) in [6.45, 7) is 2.56. The molecule has 1 amide bonds. The molecule has 1 aliphatic heterocycles. The van der Waals surface area contributed by atoms with Gasteiger partial charge in [0.1, 0.15) is 0 Å². The van der Waals surface area contributed by atoms with Gasteiger partial charge in [-0.05, 0) is 38.2 Å². The van der Waals surface area contributed by atoms with E-state index in [2.05, 4.69) is 6.07 Å². The van der Waals surface area contributed by atoms with Crippen LogP contribution in [0.1, 0.15) is 49.7 Å². The van der Waals surface area contributed by atoms with Gasteiger partial charge in [-0.3, -0.25) is 9.59 Å². The molecule has 0 bridgehead atoms. The lowest BCUT2D eigenvalue weighted by molar-refractivity contribution is -0.137. The van der Waals surface area contributed by atoms with Gasteiger partial charge >= 0.3 is 5.97 Å². The number of nitrogens with zero attached hydrogens (tertiary/aromatic N) is 1. The summed E-state index contributed by atoms with van der Waals surface area (Å²) in [5.41, 5.74) is 2.27. The van der Waals surface area contributed by atoms with Crippen molar-refractivity contribution in [3.8, 4) is 0 Å². The third kappa shape index (κ3) is 7.69. The molecule has 2 N–H and O–H groups in total. The number of likely N-dealkylation sites (tertiary alicyclic amines) is 1. The minimum absolute atomic E-state index is 0.00270. The fraction of sp³-hybridized carbons (Fsp3) is 0.478. The van der Waals surface area contributed by atoms with E-state index >= 15 is 0 Å². The zero-order valence-corrected chi connectivity index (χ0v) is 16.6. The maximum absolute atomic E-state index is 12.3. The highest BCUT2D eigenvalue weighted by Crippen LogP contribution is 2.20. The van der Waals surface area contributed by atoms with Crippen molar-refractivity contribution in [1.29, 1.82) is 0 Å². The lowest BCUT2D eigenvalue weighted by Gasteiger charge is -2.33. The number of amides is 1. The Labute approximate surface area is 167 Å². The van der Waals surface area contributed by atoms with Crippen molar-refractivity contribution in [3.63, 3.8) is 0 Å². The fourth-order valence-electron chi connectivity index (χ4n) is 3.47. The van der Waals surface area contributed by atoms with Crippen LogP contribution < -0.4 is 0 Å². The van der Waals surface area contributed by atoms with E-state index in [-0.39, 0.29) is 18.4 Å². The molecule has 0 spiro atoms. The number of carbonyl (C=O) groups is 2. The van der Waals surface area contributed by atoms with E-state index in [1.807, 2.05) is 48.3 Å². The standard InChI is InChI=1S/C23H31NO4/c1-18-8-6-9-19(16-18)17-21(25)14-13-20-10-7-11-22(26)24(20)15-5-3-2-4-12-23(27)28/h3,5-6,8-9,13-14,16,20-21,25H,2,4,7,10-12,15,17H2,1H3,(H,27,28)/t20-,21?/m1/s1. The maximum atomic E-state index is 12.3. The number of carboxylic acids is 1. The first kappa shape index (κ1) is 21.9. The van der Waals surface area contributed by atoms with Crippen molar-refractivity contribution < 1.29 is 19.8 Å². The summed E-state index contributed by atoms with van der Waals surface area (Å²) in [5.74, 6) is -0.654. The molecule has 0 saturated carbocycles. The molecule has 1 heterocycles. The highest BCUT2D eigenvalue weighted by atomic mass is 16.4. The summed E-state index contributed by atoms with van der Waals surface area (Å²) in [6.07, 6.45) is 11.4. The average Bonchev–Trinajstić information content (AvgIpc) is 2.64. The highest BCUT2D eigenvalue weighted by molar-refractivity contribution is 5.77. The van der Waals surface area contributed by atoms with E-state index in [4.69, 9.17) is 5.11 Å². The summed E-state index contributed by atoms with van der Waals surface area (Å²) in [7, 11) is 0. The summed E-state index contributed by atoms with van der Waals surface area (Å²) < 4.78 is 0. The molecule has 0 aliphatic carbocycles. The molecule has 1 fully saturated rings. The van der Waals surface area contributed by atoms with E-state index in [1.165, 1.54) is 5.56 Å². The van der Waals surface area contributed by atoms with Gasteiger partial charge in [0, 0.05) is 25.8 Å². The molecule has 0 radical (unpaired) electrons. The number of unbranched alkanes of at least 4 members (excludes halogenated alkanes) is 1. The van der Waals surface area contributed by atoms with Crippen LogP contribution in [0.2, 0.25) is 0 Å². The number of aliphatic carboxylic acids is 1. The zero-order chi connectivity index (χ0) is 20.4. The number of aliphatic hydroxyl groups is 1. The Balaban J connectivity index is 1.87. The van der Waals surface area contributed by atoms with Crippen molar-refractivity contribution in [2.24, 2.45) is 0 Å². The molecule has 1 aromatic carbocycles. The van der Waals surface area contributed by atoms with Gasteiger partial charge in [0.15, 0.2) is 0 Å². The molecule has 152 valence electrons. The van der Waals surface area contributed by atoms with Crippen molar-refractivity contribution in [2.45, 2.75) is 64.0 Å². The smallest absolute Gasteiger partial charge is 0.303 e. The molecule has 1 saturated heterocycles. The normalized spacial score (nSPS) is 18.9. The number of aliphatic hydroxyl groups excluding tert-OH is 1. The fourth-order valence-corrected chi connectivity index (χ4v) is 3.47. The Bertz CT molecular complexity index is 710. The molecule has 2 rings (SSSR count). The second-order valence-electron chi connectivity index (χ2n) is 7.41. The number of aryl methyl sites for hydroxylation is 1. The summed E-state index contributed by atoms with van der Waals surface area (Å²) in [4.78, 5) is 24.7. The number of allylic oxidation sites excluding steroid dienone is 1. The monoisotopic (exact) mass is 385 g/mol. The second-order valence-corrected chi connectivity index (χ2v) is 7.41. The van der Waals surface area contributed by atoms with Crippen LogP contribution >= 0.6 is 0 Å². The van der Waals surface area contributed by atoms with Crippen molar-refractivity contribution in [3.05, 3.63) is 59.7 Å². The molecular formula is C23H31NO4. The minimum Gasteiger partial charge on any atom is -0.481 e. The summed E-state index contributed by atoms with van der Waals surface area (Å²) >= 11 is 0. The van der Waals surface area contributed by atoms with Crippen LogP contribution in [0.15, 0.2) is 48.6 Å². The van der Waals surface area contributed by atoms with Gasteiger partial charge in [-0.2, -0.15) is 0 Å². The first-order valence-corrected chi connectivity index (χ1v) is 10.0. The molecule has 1 aliphatic rings. The van der Waals surface area contributed by atoms with Gasteiger partial charge in [-0.1, -0.05) is 54.1 Å². The first-order valence-electron chi connectivity index (χ1n) is 10.0. The van der Waals surface area contributed by atoms with Crippen molar-refractivity contribution in [1.82, 2.24) is 4.90 Å². The summed E-state index contributed by atoms with van der Waals surface area (Å²) in [5, 5.41) is 19.0. The van der Waals surface area contributed by atoms with E-state index in [0.717, 1.165) is 18.4 Å². The van der Waals surface area contributed by atoms with Crippen LogP contribution in [-0.4, -0.2) is 45.7 Å². The lowest BCUT2D eigenvalue weighted by Crippen LogP contribution is -2.42. The third-order valence-corrected chi connectivity index (χ3v) is 4.92.